The van der Waals surface area contributed by atoms with E-state index in [1.54, 1.807) is 0 Å². The SMILES string of the molecule is CC(CNC(=O)C1CCCOC1)Oc1ccccc1Br. The Morgan fingerprint density at radius 3 is 3.05 bits per heavy atom. The largest absolute Gasteiger partial charge is 0.488 e. The van der Waals surface area contributed by atoms with Crippen LogP contribution in [-0.4, -0.2) is 31.8 Å². The first-order valence-corrected chi connectivity index (χ1v) is 7.72. The van der Waals surface area contributed by atoms with Gasteiger partial charge in [-0.1, -0.05) is 12.1 Å². The summed E-state index contributed by atoms with van der Waals surface area (Å²) in [5, 5.41) is 2.93. The molecule has 2 rings (SSSR count). The molecule has 0 saturated carbocycles. The van der Waals surface area contributed by atoms with Crippen molar-refractivity contribution in [1.29, 1.82) is 0 Å². The van der Waals surface area contributed by atoms with Crippen molar-refractivity contribution < 1.29 is 14.3 Å². The molecule has 1 N–H and O–H groups in total. The molecule has 1 amide bonds. The molecule has 0 aromatic heterocycles. The van der Waals surface area contributed by atoms with Crippen molar-refractivity contribution in [3.8, 4) is 5.75 Å². The standard InChI is InChI=1S/C15H20BrNO3/c1-11(20-14-7-3-2-6-13(14)16)9-17-15(18)12-5-4-8-19-10-12/h2-3,6-7,11-12H,4-5,8-10H2,1H3,(H,17,18). The molecule has 1 aromatic rings. The van der Waals surface area contributed by atoms with Crippen molar-refractivity contribution in [3.63, 3.8) is 0 Å². The number of rotatable bonds is 5. The number of nitrogens with one attached hydrogen (secondary N) is 1. The molecule has 110 valence electrons. The molecule has 1 fully saturated rings. The Balaban J connectivity index is 1.76. The van der Waals surface area contributed by atoms with E-state index in [9.17, 15) is 4.79 Å². The minimum Gasteiger partial charge on any atom is -0.488 e. The predicted octanol–water partition coefficient (Wildman–Crippen LogP) is 2.76. The van der Waals surface area contributed by atoms with Gasteiger partial charge in [0.25, 0.3) is 0 Å². The van der Waals surface area contributed by atoms with Gasteiger partial charge in [0.1, 0.15) is 11.9 Å². The highest BCUT2D eigenvalue weighted by Gasteiger charge is 2.22. The maximum atomic E-state index is 12.0. The zero-order valence-corrected chi connectivity index (χ0v) is 13.2. The fraction of sp³-hybridized carbons (Fsp3) is 0.533. The Hall–Kier alpha value is -1.07. The second kappa shape index (κ2) is 7.64. The van der Waals surface area contributed by atoms with Crippen molar-refractivity contribution in [2.75, 3.05) is 19.8 Å². The van der Waals surface area contributed by atoms with Crippen molar-refractivity contribution in [2.45, 2.75) is 25.9 Å². The molecule has 2 unspecified atom stereocenters. The van der Waals surface area contributed by atoms with E-state index in [0.29, 0.717) is 13.2 Å². The van der Waals surface area contributed by atoms with Gasteiger partial charge < -0.3 is 14.8 Å². The Kier molecular flexibility index (Phi) is 5.86. The van der Waals surface area contributed by atoms with Crippen LogP contribution in [0.2, 0.25) is 0 Å². The Labute approximate surface area is 128 Å². The molecule has 2 atom stereocenters. The van der Waals surface area contributed by atoms with Gasteiger partial charge in [-0.25, -0.2) is 0 Å². The summed E-state index contributed by atoms with van der Waals surface area (Å²) >= 11 is 3.44. The molecule has 20 heavy (non-hydrogen) atoms. The summed E-state index contributed by atoms with van der Waals surface area (Å²) in [5.41, 5.74) is 0. The average Bonchev–Trinajstić information content (AvgIpc) is 2.48. The number of benzene rings is 1. The number of ether oxygens (including phenoxy) is 2. The van der Waals surface area contributed by atoms with Crippen LogP contribution in [0.4, 0.5) is 0 Å². The Morgan fingerprint density at radius 2 is 2.35 bits per heavy atom. The number of amides is 1. The zero-order valence-electron chi connectivity index (χ0n) is 11.6. The quantitative estimate of drug-likeness (QED) is 0.895. The summed E-state index contributed by atoms with van der Waals surface area (Å²) in [6, 6.07) is 7.69. The molecule has 0 aliphatic carbocycles. The molecular weight excluding hydrogens is 322 g/mol. The van der Waals surface area contributed by atoms with E-state index in [1.165, 1.54) is 0 Å². The van der Waals surface area contributed by atoms with Gasteiger partial charge in [0.05, 0.1) is 23.5 Å². The van der Waals surface area contributed by atoms with Crippen molar-refractivity contribution in [1.82, 2.24) is 5.32 Å². The van der Waals surface area contributed by atoms with Crippen LogP contribution in [0.5, 0.6) is 5.75 Å². The molecule has 4 nitrogen and oxygen atoms in total. The number of para-hydroxylation sites is 1. The second-order valence-electron chi connectivity index (χ2n) is 5.02. The van der Waals surface area contributed by atoms with Gasteiger partial charge in [-0.2, -0.15) is 0 Å². The first-order chi connectivity index (χ1) is 9.66. The Bertz CT molecular complexity index is 446. The number of hydrogen-bond donors (Lipinski definition) is 1. The molecule has 0 radical (unpaired) electrons. The lowest BCUT2D eigenvalue weighted by atomic mass is 10.0. The van der Waals surface area contributed by atoms with Crippen LogP contribution in [0.1, 0.15) is 19.8 Å². The molecule has 0 spiro atoms. The lowest BCUT2D eigenvalue weighted by Gasteiger charge is -2.22. The average molecular weight is 342 g/mol. The van der Waals surface area contributed by atoms with Gasteiger partial charge in [-0.05, 0) is 47.8 Å². The summed E-state index contributed by atoms with van der Waals surface area (Å²) in [6.45, 7) is 3.74. The maximum absolute atomic E-state index is 12.0. The molecular formula is C15H20BrNO3. The normalized spacial score (nSPS) is 20.2. The lowest BCUT2D eigenvalue weighted by Crippen LogP contribution is -2.40. The highest BCUT2D eigenvalue weighted by atomic mass is 79.9. The van der Waals surface area contributed by atoms with Gasteiger partial charge in [-0.3, -0.25) is 4.79 Å². The first-order valence-electron chi connectivity index (χ1n) is 6.93. The molecule has 0 bridgehead atoms. The predicted molar refractivity (Wildman–Crippen MR) is 80.8 cm³/mol. The molecule has 1 aliphatic rings. The van der Waals surface area contributed by atoms with Crippen LogP contribution in [-0.2, 0) is 9.53 Å². The third-order valence-electron chi connectivity index (χ3n) is 3.26. The van der Waals surface area contributed by atoms with Gasteiger partial charge in [-0.15, -0.1) is 0 Å². The van der Waals surface area contributed by atoms with Crippen LogP contribution >= 0.6 is 15.9 Å². The smallest absolute Gasteiger partial charge is 0.225 e. The van der Waals surface area contributed by atoms with E-state index in [-0.39, 0.29) is 17.9 Å². The first kappa shape index (κ1) is 15.3. The molecule has 1 aromatic carbocycles. The summed E-state index contributed by atoms with van der Waals surface area (Å²) in [5.74, 6) is 0.835. The Morgan fingerprint density at radius 1 is 1.55 bits per heavy atom. The van der Waals surface area contributed by atoms with E-state index in [0.717, 1.165) is 29.7 Å². The third-order valence-corrected chi connectivity index (χ3v) is 3.91. The van der Waals surface area contributed by atoms with Gasteiger partial charge in [0.15, 0.2) is 0 Å². The number of hydrogen-bond acceptors (Lipinski definition) is 3. The van der Waals surface area contributed by atoms with Crippen LogP contribution in [0, 0.1) is 5.92 Å². The summed E-state index contributed by atoms with van der Waals surface area (Å²) in [4.78, 5) is 12.0. The highest BCUT2D eigenvalue weighted by Crippen LogP contribution is 2.24. The van der Waals surface area contributed by atoms with Crippen LogP contribution in [0.15, 0.2) is 28.7 Å². The lowest BCUT2D eigenvalue weighted by molar-refractivity contribution is -0.129. The monoisotopic (exact) mass is 341 g/mol. The van der Waals surface area contributed by atoms with Gasteiger partial charge in [0, 0.05) is 6.61 Å². The molecule has 1 saturated heterocycles. The van der Waals surface area contributed by atoms with E-state index < -0.39 is 0 Å². The third kappa shape index (κ3) is 4.49. The van der Waals surface area contributed by atoms with Gasteiger partial charge >= 0.3 is 0 Å². The fourth-order valence-electron chi connectivity index (χ4n) is 2.13. The van der Waals surface area contributed by atoms with Crippen molar-refractivity contribution >= 4 is 21.8 Å². The topological polar surface area (TPSA) is 47.6 Å². The molecule has 5 heteroatoms. The van der Waals surface area contributed by atoms with Crippen LogP contribution in [0.3, 0.4) is 0 Å². The molecule has 1 aliphatic heterocycles. The highest BCUT2D eigenvalue weighted by molar-refractivity contribution is 9.10. The van der Waals surface area contributed by atoms with Crippen molar-refractivity contribution in [2.24, 2.45) is 5.92 Å². The minimum atomic E-state index is -0.0813. The summed E-state index contributed by atoms with van der Waals surface area (Å²) in [7, 11) is 0. The summed E-state index contributed by atoms with van der Waals surface area (Å²) < 4.78 is 12.0. The number of carbonyl (C=O) groups excluding carboxylic acids is 1. The minimum absolute atomic E-state index is 0.0144. The van der Waals surface area contributed by atoms with Crippen molar-refractivity contribution in [3.05, 3.63) is 28.7 Å². The van der Waals surface area contributed by atoms with Crippen LogP contribution < -0.4 is 10.1 Å². The number of halogens is 1. The second-order valence-corrected chi connectivity index (χ2v) is 5.87. The fourth-order valence-corrected chi connectivity index (χ4v) is 2.51. The van der Waals surface area contributed by atoms with Crippen LogP contribution in [0.25, 0.3) is 0 Å². The van der Waals surface area contributed by atoms with E-state index in [4.69, 9.17) is 9.47 Å². The summed E-state index contributed by atoms with van der Waals surface area (Å²) in [6.07, 6.45) is 1.79. The van der Waals surface area contributed by atoms with E-state index in [1.807, 2.05) is 31.2 Å². The zero-order chi connectivity index (χ0) is 14.4. The number of carbonyl (C=O) groups is 1. The van der Waals surface area contributed by atoms with E-state index in [2.05, 4.69) is 21.2 Å². The maximum Gasteiger partial charge on any atom is 0.225 e. The van der Waals surface area contributed by atoms with E-state index >= 15 is 0 Å². The molecule has 1 heterocycles. The van der Waals surface area contributed by atoms with Gasteiger partial charge in [0.2, 0.25) is 5.91 Å².